The van der Waals surface area contributed by atoms with Gasteiger partial charge in [-0.05, 0) is 37.5 Å². The third-order valence-electron chi connectivity index (χ3n) is 5.70. The maximum Gasteiger partial charge on any atom is 0.269 e. The molecule has 0 aliphatic carbocycles. The first-order chi connectivity index (χ1) is 18.0. The lowest BCUT2D eigenvalue weighted by Gasteiger charge is -2.26. The van der Waals surface area contributed by atoms with E-state index in [1.807, 2.05) is 0 Å². The molecular weight excluding hydrogens is 480 g/mol. The van der Waals surface area contributed by atoms with E-state index in [1.165, 1.54) is 12.1 Å². The quantitative estimate of drug-likeness (QED) is 0.232. The molecule has 0 radical (unpaired) electrons. The van der Waals surface area contributed by atoms with Gasteiger partial charge in [-0.2, -0.15) is 20.1 Å². The van der Waals surface area contributed by atoms with Crippen molar-refractivity contribution in [2.75, 3.05) is 50.1 Å². The predicted molar refractivity (Wildman–Crippen MR) is 140 cm³/mol. The van der Waals surface area contributed by atoms with Crippen LogP contribution in [0.4, 0.5) is 29.2 Å². The van der Waals surface area contributed by atoms with Crippen molar-refractivity contribution >= 4 is 35.4 Å². The number of nitro groups is 1. The molecule has 37 heavy (non-hydrogen) atoms. The van der Waals surface area contributed by atoms with Crippen molar-refractivity contribution in [3.8, 4) is 17.2 Å². The highest BCUT2D eigenvalue weighted by Crippen LogP contribution is 2.33. The van der Waals surface area contributed by atoms with Crippen molar-refractivity contribution in [1.29, 1.82) is 0 Å². The van der Waals surface area contributed by atoms with Crippen LogP contribution in [0.25, 0.3) is 0 Å². The number of benzene rings is 2. The maximum absolute atomic E-state index is 10.9. The molecule has 2 aromatic carbocycles. The normalized spacial score (nSPS) is 13.3. The number of piperidine rings is 1. The van der Waals surface area contributed by atoms with Gasteiger partial charge in [-0.25, -0.2) is 5.43 Å². The van der Waals surface area contributed by atoms with Crippen molar-refractivity contribution in [1.82, 2.24) is 15.0 Å². The van der Waals surface area contributed by atoms with Crippen LogP contribution in [0.5, 0.6) is 17.2 Å². The van der Waals surface area contributed by atoms with E-state index in [-0.39, 0.29) is 17.6 Å². The fraction of sp³-hybridized carbons (Fsp3) is 0.333. The van der Waals surface area contributed by atoms with Crippen LogP contribution in [0, 0.1) is 10.1 Å². The number of methoxy groups -OCH3 is 3. The molecule has 0 bridgehead atoms. The topological polar surface area (TPSA) is 149 Å². The Kier molecular flexibility index (Phi) is 8.13. The number of anilines is 4. The van der Waals surface area contributed by atoms with Gasteiger partial charge < -0.3 is 24.4 Å². The second-order valence-electron chi connectivity index (χ2n) is 8.08. The minimum atomic E-state index is -0.450. The van der Waals surface area contributed by atoms with Crippen molar-refractivity contribution in [2.24, 2.45) is 5.10 Å². The van der Waals surface area contributed by atoms with Crippen molar-refractivity contribution in [3.05, 3.63) is 52.1 Å². The van der Waals surface area contributed by atoms with Crippen LogP contribution in [0.3, 0.4) is 0 Å². The molecule has 13 heteroatoms. The van der Waals surface area contributed by atoms with E-state index in [1.54, 1.807) is 51.8 Å². The minimum Gasteiger partial charge on any atom is -0.496 e. The maximum atomic E-state index is 10.9. The zero-order valence-corrected chi connectivity index (χ0v) is 20.8. The van der Waals surface area contributed by atoms with Crippen molar-refractivity contribution in [2.45, 2.75) is 19.3 Å². The van der Waals surface area contributed by atoms with E-state index in [2.05, 4.69) is 35.7 Å². The molecule has 13 nitrogen and oxygen atoms in total. The fourth-order valence-electron chi connectivity index (χ4n) is 3.81. The van der Waals surface area contributed by atoms with Gasteiger partial charge in [-0.3, -0.25) is 10.1 Å². The number of non-ortho nitro benzene ring substituents is 1. The summed E-state index contributed by atoms with van der Waals surface area (Å²) in [5.41, 5.74) is 4.12. The number of rotatable bonds is 10. The summed E-state index contributed by atoms with van der Waals surface area (Å²) in [5.74, 6) is 2.65. The summed E-state index contributed by atoms with van der Waals surface area (Å²) in [7, 11) is 4.66. The molecule has 3 aromatic rings. The Hall–Kier alpha value is -4.68. The number of ether oxygens (including phenoxy) is 3. The standard InChI is InChI=1S/C24H28N8O5/c1-35-19-14-21(37-3)20(36-2)13-16(19)15-25-30-23-27-22(26-17-7-9-18(10-8-17)32(33)34)28-24(29-23)31-11-5-4-6-12-31/h7-10,13-15H,4-6,11-12H2,1-3H3,(H2,26,27,28,29,30)/b25-15+. The highest BCUT2D eigenvalue weighted by atomic mass is 16.6. The number of hydrogen-bond donors (Lipinski definition) is 2. The summed E-state index contributed by atoms with van der Waals surface area (Å²) in [6.45, 7) is 1.68. The van der Waals surface area contributed by atoms with Gasteiger partial charge in [0.05, 0.1) is 32.5 Å². The van der Waals surface area contributed by atoms with Crippen LogP contribution in [-0.4, -0.2) is 60.5 Å². The summed E-state index contributed by atoms with van der Waals surface area (Å²) >= 11 is 0. The Bertz CT molecular complexity index is 1260. The second-order valence-corrected chi connectivity index (χ2v) is 8.08. The van der Waals surface area contributed by atoms with Crippen LogP contribution in [0.2, 0.25) is 0 Å². The highest BCUT2D eigenvalue weighted by Gasteiger charge is 2.17. The number of nitrogens with one attached hydrogen (secondary N) is 2. The van der Waals surface area contributed by atoms with Crippen LogP contribution >= 0.6 is 0 Å². The van der Waals surface area contributed by atoms with Crippen LogP contribution < -0.4 is 29.9 Å². The van der Waals surface area contributed by atoms with Gasteiger partial charge in [-0.1, -0.05) is 0 Å². The predicted octanol–water partition coefficient (Wildman–Crippen LogP) is 3.99. The third-order valence-corrected chi connectivity index (χ3v) is 5.70. The third kappa shape index (κ3) is 6.31. The molecule has 1 saturated heterocycles. The zero-order chi connectivity index (χ0) is 26.2. The van der Waals surface area contributed by atoms with Crippen LogP contribution in [-0.2, 0) is 0 Å². The Labute approximate surface area is 213 Å². The van der Waals surface area contributed by atoms with Crippen LogP contribution in [0.1, 0.15) is 24.8 Å². The Balaban J connectivity index is 1.59. The molecule has 194 valence electrons. The molecule has 1 aliphatic heterocycles. The minimum absolute atomic E-state index is 0.00233. The number of aromatic nitrogens is 3. The van der Waals surface area contributed by atoms with E-state index in [0.717, 1.165) is 32.4 Å². The SMILES string of the molecule is COc1cc(OC)c(OC)cc1/C=N/Nc1nc(Nc2ccc([N+](=O)[O-])cc2)nc(N2CCCCC2)n1. The van der Waals surface area contributed by atoms with E-state index >= 15 is 0 Å². The van der Waals surface area contributed by atoms with Gasteiger partial charge in [0.25, 0.3) is 5.69 Å². The van der Waals surface area contributed by atoms with E-state index in [0.29, 0.717) is 34.4 Å². The van der Waals surface area contributed by atoms with E-state index < -0.39 is 4.92 Å². The monoisotopic (exact) mass is 508 g/mol. The van der Waals surface area contributed by atoms with Gasteiger partial charge in [0, 0.05) is 42.5 Å². The van der Waals surface area contributed by atoms with E-state index in [9.17, 15) is 10.1 Å². The molecule has 0 saturated carbocycles. The fourth-order valence-corrected chi connectivity index (χ4v) is 3.81. The summed E-state index contributed by atoms with van der Waals surface area (Å²) in [6, 6.07) is 9.47. The average molecular weight is 509 g/mol. The molecule has 2 N–H and O–H groups in total. The number of nitro benzene ring substituents is 1. The van der Waals surface area contributed by atoms with Gasteiger partial charge in [0.1, 0.15) is 5.75 Å². The summed E-state index contributed by atoms with van der Waals surface area (Å²) in [4.78, 5) is 26.1. The first-order valence-electron chi connectivity index (χ1n) is 11.6. The smallest absolute Gasteiger partial charge is 0.269 e. The lowest BCUT2D eigenvalue weighted by Crippen LogP contribution is -2.31. The Morgan fingerprint density at radius 1 is 0.919 bits per heavy atom. The van der Waals surface area contributed by atoms with Crippen molar-refractivity contribution < 1.29 is 19.1 Å². The largest absolute Gasteiger partial charge is 0.496 e. The molecule has 0 spiro atoms. The number of nitrogens with zero attached hydrogens (tertiary/aromatic N) is 6. The molecule has 0 amide bonds. The molecule has 0 atom stereocenters. The first kappa shape index (κ1) is 25.4. The molecule has 0 unspecified atom stereocenters. The summed E-state index contributed by atoms with van der Waals surface area (Å²) in [6.07, 6.45) is 4.83. The Morgan fingerprint density at radius 2 is 1.57 bits per heavy atom. The van der Waals surface area contributed by atoms with Gasteiger partial charge in [0.15, 0.2) is 11.5 Å². The van der Waals surface area contributed by atoms with E-state index in [4.69, 9.17) is 14.2 Å². The van der Waals surface area contributed by atoms with Gasteiger partial charge >= 0.3 is 0 Å². The first-order valence-corrected chi connectivity index (χ1v) is 11.6. The number of hydrogen-bond acceptors (Lipinski definition) is 12. The van der Waals surface area contributed by atoms with Crippen LogP contribution in [0.15, 0.2) is 41.5 Å². The molecular formula is C24H28N8O5. The lowest BCUT2D eigenvalue weighted by molar-refractivity contribution is -0.384. The van der Waals surface area contributed by atoms with Gasteiger partial charge in [-0.15, -0.1) is 0 Å². The molecule has 2 heterocycles. The van der Waals surface area contributed by atoms with Gasteiger partial charge in [0.2, 0.25) is 17.8 Å². The Morgan fingerprint density at radius 3 is 2.22 bits per heavy atom. The number of hydrazone groups is 1. The molecule has 1 fully saturated rings. The summed E-state index contributed by atoms with van der Waals surface area (Å²) < 4.78 is 16.1. The molecule has 1 aromatic heterocycles. The lowest BCUT2D eigenvalue weighted by atomic mass is 10.1. The van der Waals surface area contributed by atoms with Crippen molar-refractivity contribution in [3.63, 3.8) is 0 Å². The highest BCUT2D eigenvalue weighted by molar-refractivity contribution is 5.85. The molecule has 1 aliphatic rings. The second kappa shape index (κ2) is 11.8. The summed E-state index contributed by atoms with van der Waals surface area (Å²) in [5, 5.41) is 18.3. The molecule has 4 rings (SSSR count). The zero-order valence-electron chi connectivity index (χ0n) is 20.8. The average Bonchev–Trinajstić information content (AvgIpc) is 2.93.